The van der Waals surface area contributed by atoms with E-state index in [4.69, 9.17) is 9.68 Å². The number of carbonyl (C=O) groups is 2. The highest BCUT2D eigenvalue weighted by atomic mass is 16.3. The first-order chi connectivity index (χ1) is 14.0. The molecule has 1 aliphatic heterocycles. The minimum absolute atomic E-state index is 0.0295. The van der Waals surface area contributed by atoms with Crippen LogP contribution in [0.25, 0.3) is 0 Å². The molecule has 0 unspecified atom stereocenters. The molecule has 1 aliphatic rings. The van der Waals surface area contributed by atoms with E-state index in [0.717, 1.165) is 25.2 Å². The van der Waals surface area contributed by atoms with Crippen LogP contribution in [0.15, 0.2) is 47.1 Å². The molecule has 2 aromatic rings. The van der Waals surface area contributed by atoms with Gasteiger partial charge < -0.3 is 14.6 Å². The number of nitrogens with zero attached hydrogens (tertiary/aromatic N) is 3. The smallest absolute Gasteiger partial charge is 0.287 e. The third-order valence-electron chi connectivity index (χ3n) is 5.14. The lowest BCUT2D eigenvalue weighted by Gasteiger charge is -2.37. The fourth-order valence-electron chi connectivity index (χ4n) is 3.40. The number of amides is 2. The Bertz CT molecular complexity index is 860. The molecule has 1 fully saturated rings. The second-order valence-corrected chi connectivity index (χ2v) is 7.58. The molecule has 7 nitrogen and oxygen atoms in total. The predicted octanol–water partition coefficient (Wildman–Crippen LogP) is 2.25. The van der Waals surface area contributed by atoms with Gasteiger partial charge in [0.1, 0.15) is 6.04 Å². The molecule has 1 N–H and O–H groups in total. The molecular formula is C22H26N4O3. The molecule has 7 heteroatoms. The molecule has 2 amide bonds. The molecule has 1 aromatic heterocycles. The number of furan rings is 1. The molecule has 2 heterocycles. The van der Waals surface area contributed by atoms with E-state index < -0.39 is 6.04 Å². The number of nitrogens with one attached hydrogen (secondary N) is 1. The third kappa shape index (κ3) is 5.24. The molecule has 0 saturated carbocycles. The highest BCUT2D eigenvalue weighted by Gasteiger charge is 2.31. The maximum absolute atomic E-state index is 13.0. The van der Waals surface area contributed by atoms with Gasteiger partial charge in [-0.25, -0.2) is 0 Å². The summed E-state index contributed by atoms with van der Waals surface area (Å²) in [5.74, 6) is -0.256. The lowest BCUT2D eigenvalue weighted by Crippen LogP contribution is -2.56. The highest BCUT2D eigenvalue weighted by molar-refractivity contribution is 5.95. The number of hydrogen-bond acceptors (Lipinski definition) is 5. The van der Waals surface area contributed by atoms with Gasteiger partial charge in [-0.1, -0.05) is 26.0 Å². The second-order valence-electron chi connectivity index (χ2n) is 7.58. The van der Waals surface area contributed by atoms with E-state index in [1.54, 1.807) is 12.1 Å². The summed E-state index contributed by atoms with van der Waals surface area (Å²) in [4.78, 5) is 29.4. The Morgan fingerprint density at radius 2 is 1.83 bits per heavy atom. The Labute approximate surface area is 170 Å². The molecule has 0 aliphatic carbocycles. The molecule has 0 spiro atoms. The fourth-order valence-corrected chi connectivity index (χ4v) is 3.40. The van der Waals surface area contributed by atoms with Crippen molar-refractivity contribution in [2.45, 2.75) is 26.4 Å². The van der Waals surface area contributed by atoms with Crippen molar-refractivity contribution < 1.29 is 14.0 Å². The number of carbonyl (C=O) groups excluding carboxylic acids is 2. The van der Waals surface area contributed by atoms with Crippen molar-refractivity contribution >= 4 is 11.8 Å². The monoisotopic (exact) mass is 394 g/mol. The van der Waals surface area contributed by atoms with Crippen LogP contribution in [0.3, 0.4) is 0 Å². The van der Waals surface area contributed by atoms with Gasteiger partial charge in [0.2, 0.25) is 5.91 Å². The van der Waals surface area contributed by atoms with E-state index in [0.29, 0.717) is 18.7 Å². The van der Waals surface area contributed by atoms with E-state index in [9.17, 15) is 9.59 Å². The Kier molecular flexibility index (Phi) is 6.68. The zero-order valence-electron chi connectivity index (χ0n) is 16.8. The normalized spacial score (nSPS) is 15.7. The van der Waals surface area contributed by atoms with Gasteiger partial charge in [-0.05, 0) is 35.7 Å². The van der Waals surface area contributed by atoms with Crippen LogP contribution >= 0.6 is 0 Å². The summed E-state index contributed by atoms with van der Waals surface area (Å²) >= 11 is 0. The maximum Gasteiger partial charge on any atom is 0.287 e. The topological polar surface area (TPSA) is 89.6 Å². The van der Waals surface area contributed by atoms with E-state index in [1.807, 2.05) is 43.0 Å². The van der Waals surface area contributed by atoms with E-state index in [1.165, 1.54) is 6.26 Å². The summed E-state index contributed by atoms with van der Waals surface area (Å²) in [5, 5.41) is 11.7. The summed E-state index contributed by atoms with van der Waals surface area (Å²) in [6, 6.07) is 12.3. The van der Waals surface area contributed by atoms with Crippen LogP contribution in [-0.2, 0) is 11.3 Å². The predicted molar refractivity (Wildman–Crippen MR) is 108 cm³/mol. The van der Waals surface area contributed by atoms with Gasteiger partial charge in [0.25, 0.3) is 5.91 Å². The van der Waals surface area contributed by atoms with Gasteiger partial charge >= 0.3 is 0 Å². The van der Waals surface area contributed by atoms with Crippen molar-refractivity contribution in [3.8, 4) is 6.07 Å². The molecule has 152 valence electrons. The van der Waals surface area contributed by atoms with E-state index in [-0.39, 0.29) is 23.5 Å². The van der Waals surface area contributed by atoms with E-state index >= 15 is 0 Å². The first kappa shape index (κ1) is 20.6. The third-order valence-corrected chi connectivity index (χ3v) is 5.14. The summed E-state index contributed by atoms with van der Waals surface area (Å²) < 4.78 is 5.12. The van der Waals surface area contributed by atoms with Crippen molar-refractivity contribution in [2.24, 2.45) is 5.92 Å². The fraction of sp³-hybridized carbons (Fsp3) is 0.409. The minimum atomic E-state index is -0.585. The van der Waals surface area contributed by atoms with Gasteiger partial charge in [0.05, 0.1) is 17.9 Å². The zero-order valence-corrected chi connectivity index (χ0v) is 16.8. The molecule has 0 radical (unpaired) electrons. The number of nitriles is 1. The minimum Gasteiger partial charge on any atom is -0.459 e. The van der Waals surface area contributed by atoms with E-state index in [2.05, 4.69) is 16.3 Å². The quantitative estimate of drug-likeness (QED) is 0.812. The summed E-state index contributed by atoms with van der Waals surface area (Å²) in [6.07, 6.45) is 1.44. The average Bonchev–Trinajstić information content (AvgIpc) is 3.27. The Morgan fingerprint density at radius 3 is 2.38 bits per heavy atom. The number of rotatable bonds is 6. The van der Waals surface area contributed by atoms with Gasteiger partial charge in [-0.2, -0.15) is 5.26 Å². The van der Waals surface area contributed by atoms with Crippen LogP contribution in [0.4, 0.5) is 0 Å². The average molecular weight is 394 g/mol. The van der Waals surface area contributed by atoms with Crippen LogP contribution < -0.4 is 5.32 Å². The van der Waals surface area contributed by atoms with Gasteiger partial charge in [0, 0.05) is 32.7 Å². The molecule has 0 bridgehead atoms. The Hall–Kier alpha value is -3.11. The van der Waals surface area contributed by atoms with Gasteiger partial charge in [-0.15, -0.1) is 0 Å². The highest BCUT2D eigenvalue weighted by Crippen LogP contribution is 2.13. The first-order valence-corrected chi connectivity index (χ1v) is 9.82. The van der Waals surface area contributed by atoms with Crippen molar-refractivity contribution in [1.82, 2.24) is 15.1 Å². The van der Waals surface area contributed by atoms with Crippen LogP contribution in [-0.4, -0.2) is 53.8 Å². The van der Waals surface area contributed by atoms with Crippen LogP contribution in [0.1, 0.15) is 35.5 Å². The molecule has 1 saturated heterocycles. The standard InChI is InChI=1S/C22H26N4O3/c1-16(2)20(24-21(27)19-4-3-13-29-19)22(28)26-11-9-25(10-12-26)15-18-7-5-17(14-23)6-8-18/h3-8,13,16,20H,9-12,15H2,1-2H3,(H,24,27)/t20-/m0/s1. The summed E-state index contributed by atoms with van der Waals surface area (Å²) in [7, 11) is 0. The SMILES string of the molecule is CC(C)[C@H](NC(=O)c1ccco1)C(=O)N1CCN(Cc2ccc(C#N)cc2)CC1. The van der Waals surface area contributed by atoms with Crippen molar-refractivity contribution in [2.75, 3.05) is 26.2 Å². The van der Waals surface area contributed by atoms with Crippen molar-refractivity contribution in [3.05, 3.63) is 59.5 Å². The maximum atomic E-state index is 13.0. The second kappa shape index (κ2) is 9.39. The van der Waals surface area contributed by atoms with Crippen molar-refractivity contribution in [1.29, 1.82) is 5.26 Å². The molecule has 1 atom stereocenters. The summed E-state index contributed by atoms with van der Waals surface area (Å²) in [6.45, 7) is 7.41. The number of piperazine rings is 1. The van der Waals surface area contributed by atoms with Gasteiger partial charge in [-0.3, -0.25) is 14.5 Å². The summed E-state index contributed by atoms with van der Waals surface area (Å²) in [5.41, 5.74) is 1.80. The van der Waals surface area contributed by atoms with Gasteiger partial charge in [0.15, 0.2) is 5.76 Å². The Balaban J connectivity index is 1.54. The first-order valence-electron chi connectivity index (χ1n) is 9.82. The molecule has 1 aromatic carbocycles. The zero-order chi connectivity index (χ0) is 20.8. The molecule has 3 rings (SSSR count). The van der Waals surface area contributed by atoms with Crippen LogP contribution in [0, 0.1) is 17.2 Å². The largest absolute Gasteiger partial charge is 0.459 e. The number of benzene rings is 1. The lowest BCUT2D eigenvalue weighted by atomic mass is 10.0. The van der Waals surface area contributed by atoms with Crippen LogP contribution in [0.2, 0.25) is 0 Å². The lowest BCUT2D eigenvalue weighted by molar-refractivity contribution is -0.136. The Morgan fingerprint density at radius 1 is 1.14 bits per heavy atom. The number of hydrogen-bond donors (Lipinski definition) is 1. The molecular weight excluding hydrogens is 368 g/mol. The van der Waals surface area contributed by atoms with Crippen LogP contribution in [0.5, 0.6) is 0 Å². The van der Waals surface area contributed by atoms with Crippen molar-refractivity contribution in [3.63, 3.8) is 0 Å². The molecule has 29 heavy (non-hydrogen) atoms.